The monoisotopic (exact) mass is 507 g/mol. The first-order valence-corrected chi connectivity index (χ1v) is 13.8. The predicted molar refractivity (Wildman–Crippen MR) is 126 cm³/mol. The number of hydrogen-bond donors (Lipinski definition) is 3. The smallest absolute Gasteiger partial charge is 0.325 e. The lowest BCUT2D eigenvalue weighted by molar-refractivity contribution is -0.164. The molecule has 0 aromatic rings. The summed E-state index contributed by atoms with van der Waals surface area (Å²) in [7, 11) is -4.84. The first-order valence-electron chi connectivity index (χ1n) is 12.3. The average Bonchev–Trinajstić information content (AvgIpc) is 2.80. The second-order valence-corrected chi connectivity index (χ2v) is 10.8. The molecule has 2 aliphatic carbocycles. The van der Waals surface area contributed by atoms with E-state index < -0.39 is 33.7 Å². The van der Waals surface area contributed by atoms with E-state index in [1.807, 2.05) is 0 Å². The van der Waals surface area contributed by atoms with E-state index in [1.165, 1.54) is 51.4 Å². The number of aliphatic carboxylic acids is 2. The molecular weight excluding hydrogens is 466 g/mol. The van der Waals surface area contributed by atoms with Gasteiger partial charge in [-0.25, -0.2) is 0 Å². The lowest BCUT2D eigenvalue weighted by Crippen LogP contribution is -2.43. The Labute approximate surface area is 202 Å². The number of carbonyl (C=O) groups excluding carboxylic acids is 1. The predicted octanol–water partition coefficient (Wildman–Crippen LogP) is 3.20. The highest BCUT2D eigenvalue weighted by atomic mass is 32.2. The van der Waals surface area contributed by atoms with Crippen LogP contribution in [0.4, 0.5) is 0 Å². The molecule has 0 aromatic carbocycles. The van der Waals surface area contributed by atoms with Gasteiger partial charge in [0.15, 0.2) is 5.25 Å². The van der Waals surface area contributed by atoms with E-state index in [-0.39, 0.29) is 11.4 Å². The number of hydrogen-bond acceptors (Lipinski definition) is 7. The van der Waals surface area contributed by atoms with Crippen molar-refractivity contribution in [3.05, 3.63) is 0 Å². The highest BCUT2D eigenvalue weighted by molar-refractivity contribution is 7.87. The SMILES string of the molecule is CCN(CC)CCOC(=O)C1(C2CCCCC2)CCCCC1.O=C(O)CC(C(=O)O)S(=O)(=O)O. The Bertz CT molecular complexity index is 752. The molecule has 0 aliphatic heterocycles. The zero-order chi connectivity index (χ0) is 25.8. The Morgan fingerprint density at radius 2 is 1.50 bits per heavy atom. The van der Waals surface area contributed by atoms with E-state index in [0.717, 1.165) is 32.5 Å². The van der Waals surface area contributed by atoms with Gasteiger partial charge in [0, 0.05) is 6.54 Å². The van der Waals surface area contributed by atoms with Crippen LogP contribution in [0.25, 0.3) is 0 Å². The number of carboxylic acid groups (broad SMARTS) is 2. The lowest BCUT2D eigenvalue weighted by Gasteiger charge is -2.43. The summed E-state index contributed by atoms with van der Waals surface area (Å²) in [5, 5.41) is 13.9. The van der Waals surface area contributed by atoms with E-state index in [2.05, 4.69) is 18.7 Å². The van der Waals surface area contributed by atoms with Crippen molar-refractivity contribution in [3.8, 4) is 0 Å². The largest absolute Gasteiger partial charge is 0.481 e. The highest BCUT2D eigenvalue weighted by Gasteiger charge is 2.47. The number of carboxylic acids is 2. The summed E-state index contributed by atoms with van der Waals surface area (Å²) in [4.78, 5) is 35.3. The molecule has 2 saturated carbocycles. The van der Waals surface area contributed by atoms with Crippen molar-refractivity contribution in [1.29, 1.82) is 0 Å². The third kappa shape index (κ3) is 9.50. The van der Waals surface area contributed by atoms with Crippen LogP contribution in [0.2, 0.25) is 0 Å². The summed E-state index contributed by atoms with van der Waals surface area (Å²) < 4.78 is 34.5. The molecule has 0 amide bonds. The second kappa shape index (κ2) is 14.6. The van der Waals surface area contributed by atoms with Gasteiger partial charge in [0.25, 0.3) is 10.1 Å². The van der Waals surface area contributed by atoms with E-state index in [4.69, 9.17) is 19.5 Å². The molecular formula is C23H41NO9S. The third-order valence-corrected chi connectivity index (χ3v) is 8.16. The molecule has 34 heavy (non-hydrogen) atoms. The summed E-state index contributed by atoms with van der Waals surface area (Å²) in [6, 6.07) is 0. The maximum Gasteiger partial charge on any atom is 0.325 e. The van der Waals surface area contributed by atoms with Crippen LogP contribution >= 0.6 is 0 Å². The Morgan fingerprint density at radius 3 is 1.91 bits per heavy atom. The fourth-order valence-corrected chi connectivity index (χ4v) is 5.65. The first kappa shape index (κ1) is 30.3. The summed E-state index contributed by atoms with van der Waals surface area (Å²) in [6.07, 6.45) is 11.1. The molecule has 0 bridgehead atoms. The first-order chi connectivity index (χ1) is 16.0. The van der Waals surface area contributed by atoms with Crippen LogP contribution in [0.1, 0.15) is 84.5 Å². The Hall–Kier alpha value is -1.72. The second-order valence-electron chi connectivity index (χ2n) is 9.15. The minimum Gasteiger partial charge on any atom is -0.481 e. The van der Waals surface area contributed by atoms with Gasteiger partial charge >= 0.3 is 17.9 Å². The van der Waals surface area contributed by atoms with Gasteiger partial charge in [0.1, 0.15) is 6.61 Å². The fraction of sp³-hybridized carbons (Fsp3) is 0.870. The molecule has 2 rings (SSSR count). The number of esters is 1. The molecule has 1 atom stereocenters. The van der Waals surface area contributed by atoms with E-state index >= 15 is 0 Å². The molecule has 0 saturated heterocycles. The summed E-state index contributed by atoms with van der Waals surface area (Å²) in [6.45, 7) is 7.82. The minimum atomic E-state index is -4.84. The summed E-state index contributed by atoms with van der Waals surface area (Å²) >= 11 is 0. The number of carbonyl (C=O) groups is 3. The van der Waals surface area contributed by atoms with Gasteiger partial charge in [0.05, 0.1) is 11.8 Å². The van der Waals surface area contributed by atoms with Crippen LogP contribution in [0.15, 0.2) is 0 Å². The molecule has 0 heterocycles. The zero-order valence-electron chi connectivity index (χ0n) is 20.4. The molecule has 10 nitrogen and oxygen atoms in total. The summed E-state index contributed by atoms with van der Waals surface area (Å²) in [5.74, 6) is -2.78. The van der Waals surface area contributed by atoms with Crippen molar-refractivity contribution in [1.82, 2.24) is 4.90 Å². The molecule has 2 aliphatic rings. The van der Waals surface area contributed by atoms with Crippen LogP contribution in [-0.2, 0) is 29.2 Å². The van der Waals surface area contributed by atoms with Crippen LogP contribution < -0.4 is 0 Å². The molecule has 198 valence electrons. The molecule has 11 heteroatoms. The minimum absolute atomic E-state index is 0.131. The third-order valence-electron chi connectivity index (χ3n) is 7.07. The standard InChI is InChI=1S/C19H35NO2.C4H6O7S/c1-3-20(4-2)15-16-22-18(21)19(13-9-6-10-14-19)17-11-7-5-8-12-17;5-3(6)1-2(4(7)8)12(9,10)11/h17H,3-16H2,1-2H3;2H,1H2,(H,5,6)(H,7,8)(H,9,10,11). The maximum atomic E-state index is 12.9. The van der Waals surface area contributed by atoms with Gasteiger partial charge in [-0.1, -0.05) is 52.4 Å². The molecule has 0 aromatic heterocycles. The van der Waals surface area contributed by atoms with Crippen LogP contribution in [0, 0.1) is 11.3 Å². The molecule has 1 unspecified atom stereocenters. The highest BCUT2D eigenvalue weighted by Crippen LogP contribution is 2.49. The lowest BCUT2D eigenvalue weighted by atomic mass is 9.62. The van der Waals surface area contributed by atoms with Gasteiger partial charge in [-0.15, -0.1) is 0 Å². The van der Waals surface area contributed by atoms with Gasteiger partial charge in [0.2, 0.25) is 0 Å². The van der Waals surface area contributed by atoms with E-state index in [1.54, 1.807) is 0 Å². The number of ether oxygens (including phenoxy) is 1. The van der Waals surface area contributed by atoms with Gasteiger partial charge in [-0.3, -0.25) is 18.9 Å². The van der Waals surface area contributed by atoms with Crippen molar-refractivity contribution in [2.75, 3.05) is 26.2 Å². The normalized spacial score (nSPS) is 19.5. The van der Waals surface area contributed by atoms with Crippen molar-refractivity contribution >= 4 is 28.0 Å². The van der Waals surface area contributed by atoms with Crippen LogP contribution in [0.3, 0.4) is 0 Å². The topological polar surface area (TPSA) is 159 Å². The molecule has 3 N–H and O–H groups in total. The number of rotatable bonds is 11. The quantitative estimate of drug-likeness (QED) is 0.280. The Balaban J connectivity index is 0.000000411. The van der Waals surface area contributed by atoms with Gasteiger partial charge in [-0.05, 0) is 44.7 Å². The fourth-order valence-electron chi connectivity index (χ4n) is 5.05. The molecule has 2 fully saturated rings. The molecule has 0 spiro atoms. The average molecular weight is 508 g/mol. The Morgan fingerprint density at radius 1 is 0.971 bits per heavy atom. The van der Waals surface area contributed by atoms with Crippen molar-refractivity contribution < 1.29 is 42.3 Å². The van der Waals surface area contributed by atoms with Crippen LogP contribution in [-0.4, -0.2) is 77.5 Å². The van der Waals surface area contributed by atoms with Gasteiger partial charge in [-0.2, -0.15) is 8.42 Å². The van der Waals surface area contributed by atoms with Crippen LogP contribution in [0.5, 0.6) is 0 Å². The van der Waals surface area contributed by atoms with Crippen molar-refractivity contribution in [2.24, 2.45) is 11.3 Å². The zero-order valence-corrected chi connectivity index (χ0v) is 21.2. The van der Waals surface area contributed by atoms with Gasteiger partial charge < -0.3 is 19.8 Å². The van der Waals surface area contributed by atoms with E-state index in [9.17, 15) is 22.8 Å². The van der Waals surface area contributed by atoms with Crippen molar-refractivity contribution in [3.63, 3.8) is 0 Å². The maximum absolute atomic E-state index is 12.9. The number of likely N-dealkylation sites (N-methyl/N-ethyl adjacent to an activating group) is 1. The Kier molecular flexibility index (Phi) is 13.0. The number of nitrogens with zero attached hydrogens (tertiary/aromatic N) is 1. The molecule has 0 radical (unpaired) electrons. The van der Waals surface area contributed by atoms with Crippen molar-refractivity contribution in [2.45, 2.75) is 89.7 Å². The summed E-state index contributed by atoms with van der Waals surface area (Å²) in [5.41, 5.74) is -0.137. The van der Waals surface area contributed by atoms with E-state index in [0.29, 0.717) is 12.5 Å².